The highest BCUT2D eigenvalue weighted by Crippen LogP contribution is 2.29. The van der Waals surface area contributed by atoms with Crippen LogP contribution in [0.15, 0.2) is 23.1 Å². The highest BCUT2D eigenvalue weighted by molar-refractivity contribution is 7.86. The summed E-state index contributed by atoms with van der Waals surface area (Å²) < 4.78 is 38.1. The molecule has 1 aromatic carbocycles. The lowest BCUT2D eigenvalue weighted by Gasteiger charge is -2.09. The van der Waals surface area contributed by atoms with E-state index in [1.165, 1.54) is 23.9 Å². The van der Waals surface area contributed by atoms with Crippen molar-refractivity contribution >= 4 is 21.6 Å². The molecule has 0 aliphatic carbocycles. The number of anilines is 2. The van der Waals surface area contributed by atoms with E-state index in [0.29, 0.717) is 17.1 Å². The molecule has 0 atom stereocenters. The summed E-state index contributed by atoms with van der Waals surface area (Å²) in [4.78, 5) is -0.372. The molecule has 0 fully saturated rings. The van der Waals surface area contributed by atoms with Crippen molar-refractivity contribution in [3.63, 3.8) is 0 Å². The largest absolute Gasteiger partial charge is 0.495 e. The number of hydrogen-bond donors (Lipinski definition) is 3. The van der Waals surface area contributed by atoms with Crippen LogP contribution in [0.1, 0.15) is 5.69 Å². The van der Waals surface area contributed by atoms with E-state index in [4.69, 9.17) is 16.2 Å². The number of nitrogens with zero attached hydrogens (tertiary/aromatic N) is 2. The van der Waals surface area contributed by atoms with E-state index >= 15 is 0 Å². The molecule has 0 radical (unpaired) electrons. The average molecular weight is 298 g/mol. The van der Waals surface area contributed by atoms with Crippen molar-refractivity contribution in [2.24, 2.45) is 0 Å². The van der Waals surface area contributed by atoms with Crippen molar-refractivity contribution in [3.8, 4) is 11.4 Å². The standard InChI is InChI=1S/C11H14N4O4S/c1-6-10(12)11(13)15(14-6)7-3-4-8(19-2)9(5-7)20(16,17)18/h3-5H,12-13H2,1-2H3,(H,16,17,18). The summed E-state index contributed by atoms with van der Waals surface area (Å²) in [5.41, 5.74) is 12.7. The minimum atomic E-state index is -4.43. The van der Waals surface area contributed by atoms with Crippen LogP contribution in [0.4, 0.5) is 11.5 Å². The van der Waals surface area contributed by atoms with Gasteiger partial charge in [-0.2, -0.15) is 13.5 Å². The van der Waals surface area contributed by atoms with Gasteiger partial charge in [0.25, 0.3) is 10.1 Å². The number of nitrogens with two attached hydrogens (primary N) is 2. The normalized spacial score (nSPS) is 11.6. The van der Waals surface area contributed by atoms with Crippen LogP contribution in [0.2, 0.25) is 0 Å². The van der Waals surface area contributed by atoms with Gasteiger partial charge < -0.3 is 16.2 Å². The zero-order valence-electron chi connectivity index (χ0n) is 10.9. The fourth-order valence-corrected chi connectivity index (χ4v) is 2.43. The third-order valence-electron chi connectivity index (χ3n) is 2.81. The van der Waals surface area contributed by atoms with Gasteiger partial charge in [-0.05, 0) is 25.1 Å². The quantitative estimate of drug-likeness (QED) is 0.706. The first-order chi connectivity index (χ1) is 9.25. The van der Waals surface area contributed by atoms with E-state index in [9.17, 15) is 13.0 Å². The van der Waals surface area contributed by atoms with Crippen molar-refractivity contribution in [1.29, 1.82) is 0 Å². The number of hydrogen-bond acceptors (Lipinski definition) is 6. The number of nitrogen functional groups attached to an aromatic ring is 2. The molecule has 2 rings (SSSR count). The fourth-order valence-electron chi connectivity index (χ4n) is 1.75. The first kappa shape index (κ1) is 14.2. The maximum Gasteiger partial charge on any atom is 0.298 e. The molecule has 0 bridgehead atoms. The molecule has 0 unspecified atom stereocenters. The van der Waals surface area contributed by atoms with Gasteiger partial charge in [-0.15, -0.1) is 0 Å². The van der Waals surface area contributed by atoms with Gasteiger partial charge in [0.15, 0.2) is 5.82 Å². The van der Waals surface area contributed by atoms with Crippen molar-refractivity contribution in [3.05, 3.63) is 23.9 Å². The topological polar surface area (TPSA) is 133 Å². The second kappa shape index (κ2) is 4.69. The van der Waals surface area contributed by atoms with E-state index in [2.05, 4.69) is 5.10 Å². The van der Waals surface area contributed by atoms with Crippen molar-refractivity contribution in [2.75, 3.05) is 18.6 Å². The van der Waals surface area contributed by atoms with Crippen LogP contribution in [-0.4, -0.2) is 29.9 Å². The summed E-state index contributed by atoms with van der Waals surface area (Å²) in [5.74, 6) is 0.209. The summed E-state index contributed by atoms with van der Waals surface area (Å²) in [7, 11) is -3.13. The Morgan fingerprint density at radius 3 is 2.45 bits per heavy atom. The Balaban J connectivity index is 2.68. The maximum atomic E-state index is 11.3. The summed E-state index contributed by atoms with van der Waals surface area (Å²) in [6, 6.07) is 4.15. The Morgan fingerprint density at radius 2 is 2.00 bits per heavy atom. The smallest absolute Gasteiger partial charge is 0.298 e. The second-order valence-corrected chi connectivity index (χ2v) is 5.50. The summed E-state index contributed by atoms with van der Waals surface area (Å²) in [6.07, 6.45) is 0. The Bertz CT molecular complexity index is 767. The third-order valence-corrected chi connectivity index (χ3v) is 3.69. The van der Waals surface area contributed by atoms with Gasteiger partial charge in [0.2, 0.25) is 0 Å². The molecule has 8 nitrogen and oxygen atoms in total. The Labute approximate surface area is 115 Å². The number of ether oxygens (including phenoxy) is 1. The van der Waals surface area contributed by atoms with Gasteiger partial charge in [-0.1, -0.05) is 0 Å². The molecule has 0 aliphatic rings. The minimum absolute atomic E-state index is 0.0201. The van der Waals surface area contributed by atoms with Crippen LogP contribution in [0, 0.1) is 6.92 Å². The molecule has 20 heavy (non-hydrogen) atoms. The van der Waals surface area contributed by atoms with Gasteiger partial charge >= 0.3 is 0 Å². The number of methoxy groups -OCH3 is 1. The number of benzene rings is 1. The third kappa shape index (κ3) is 2.28. The van der Waals surface area contributed by atoms with Gasteiger partial charge in [-0.3, -0.25) is 4.55 Å². The monoisotopic (exact) mass is 298 g/mol. The lowest BCUT2D eigenvalue weighted by molar-refractivity contribution is 0.397. The molecule has 2 aromatic rings. The van der Waals surface area contributed by atoms with Crippen molar-refractivity contribution < 1.29 is 17.7 Å². The molecule has 0 aliphatic heterocycles. The van der Waals surface area contributed by atoms with Gasteiger partial charge in [0.05, 0.1) is 24.2 Å². The average Bonchev–Trinajstić information content (AvgIpc) is 2.65. The number of aromatic nitrogens is 2. The van der Waals surface area contributed by atoms with Gasteiger partial charge in [-0.25, -0.2) is 4.68 Å². The van der Waals surface area contributed by atoms with E-state index in [-0.39, 0.29) is 16.5 Å². The Morgan fingerprint density at radius 1 is 1.35 bits per heavy atom. The fraction of sp³-hybridized carbons (Fsp3) is 0.182. The molecule has 1 aromatic heterocycles. The second-order valence-electron chi connectivity index (χ2n) is 4.11. The van der Waals surface area contributed by atoms with Crippen LogP contribution in [0.3, 0.4) is 0 Å². The molecule has 5 N–H and O–H groups in total. The summed E-state index contributed by atoms with van der Waals surface area (Å²) >= 11 is 0. The molecule has 1 heterocycles. The highest BCUT2D eigenvalue weighted by atomic mass is 32.2. The van der Waals surface area contributed by atoms with E-state index < -0.39 is 10.1 Å². The molecule has 0 spiro atoms. The highest BCUT2D eigenvalue weighted by Gasteiger charge is 2.19. The van der Waals surface area contributed by atoms with E-state index in [1.54, 1.807) is 13.0 Å². The molecule has 0 amide bonds. The predicted octanol–water partition coefficient (Wildman–Crippen LogP) is 0.600. The zero-order chi connectivity index (χ0) is 15.1. The van der Waals surface area contributed by atoms with Crippen molar-refractivity contribution in [2.45, 2.75) is 11.8 Å². The molecule has 108 valence electrons. The van der Waals surface area contributed by atoms with Crippen molar-refractivity contribution in [1.82, 2.24) is 9.78 Å². The van der Waals surface area contributed by atoms with Crippen LogP contribution >= 0.6 is 0 Å². The summed E-state index contributed by atoms with van der Waals surface area (Å²) in [6.45, 7) is 1.68. The molecular formula is C11H14N4O4S. The summed E-state index contributed by atoms with van der Waals surface area (Å²) in [5, 5.41) is 4.11. The lowest BCUT2D eigenvalue weighted by atomic mass is 10.3. The lowest BCUT2D eigenvalue weighted by Crippen LogP contribution is -2.06. The maximum absolute atomic E-state index is 11.3. The van der Waals surface area contributed by atoms with E-state index in [1.807, 2.05) is 0 Å². The van der Waals surface area contributed by atoms with Crippen LogP contribution in [0.5, 0.6) is 5.75 Å². The Kier molecular flexibility index (Phi) is 3.32. The SMILES string of the molecule is COc1ccc(-n2nc(C)c(N)c2N)cc1S(=O)(=O)O. The minimum Gasteiger partial charge on any atom is -0.495 e. The number of rotatable bonds is 3. The van der Waals surface area contributed by atoms with E-state index in [0.717, 1.165) is 0 Å². The first-order valence-electron chi connectivity index (χ1n) is 5.52. The predicted molar refractivity (Wildman–Crippen MR) is 73.5 cm³/mol. The molecular weight excluding hydrogens is 284 g/mol. The Hall–Kier alpha value is -2.26. The van der Waals surface area contributed by atoms with Crippen LogP contribution in [0.25, 0.3) is 5.69 Å². The first-order valence-corrected chi connectivity index (χ1v) is 6.96. The number of aryl methyl sites for hydroxylation is 1. The van der Waals surface area contributed by atoms with Crippen LogP contribution < -0.4 is 16.2 Å². The van der Waals surface area contributed by atoms with Gasteiger partial charge in [0, 0.05) is 0 Å². The molecule has 9 heteroatoms. The molecule has 0 saturated heterocycles. The molecule has 0 saturated carbocycles. The zero-order valence-corrected chi connectivity index (χ0v) is 11.7. The van der Waals surface area contributed by atoms with Crippen LogP contribution in [-0.2, 0) is 10.1 Å². The van der Waals surface area contributed by atoms with Gasteiger partial charge in [0.1, 0.15) is 10.6 Å².